The van der Waals surface area contributed by atoms with Crippen molar-refractivity contribution < 1.29 is 9.42 Å². The van der Waals surface area contributed by atoms with Gasteiger partial charge in [-0.05, 0) is 18.9 Å². The highest BCUT2D eigenvalue weighted by atomic mass is 16.6. The minimum atomic E-state index is -0.0419. The third kappa shape index (κ3) is 3.64. The van der Waals surface area contributed by atoms with Crippen LogP contribution in [-0.4, -0.2) is 52.2 Å². The Morgan fingerprint density at radius 3 is 2.46 bits per heavy atom. The van der Waals surface area contributed by atoms with Crippen molar-refractivity contribution in [3.63, 3.8) is 0 Å². The normalized spacial score (nSPS) is 17.0. The fourth-order valence-electron chi connectivity index (χ4n) is 3.19. The number of piperazine rings is 1. The number of amides is 1. The molecule has 1 unspecified atom stereocenters. The fraction of sp³-hybridized carbons (Fsp3) is 0.500. The van der Waals surface area contributed by atoms with E-state index in [1.165, 1.54) is 0 Å². The van der Waals surface area contributed by atoms with Gasteiger partial charge in [-0.15, -0.1) is 0 Å². The summed E-state index contributed by atoms with van der Waals surface area (Å²) in [5, 5.41) is 7.75. The quantitative estimate of drug-likeness (QED) is 0.842. The Labute approximate surface area is 142 Å². The maximum Gasteiger partial charge on any atom is 0.230 e. The minimum Gasteiger partial charge on any atom is -0.340 e. The Kier molecular flexibility index (Phi) is 5.25. The second kappa shape index (κ2) is 7.57. The van der Waals surface area contributed by atoms with Gasteiger partial charge in [-0.3, -0.25) is 9.69 Å². The lowest BCUT2D eigenvalue weighted by molar-refractivity contribution is -0.134. The monoisotopic (exact) mass is 328 g/mol. The molecule has 0 saturated carbocycles. The third-order valence-electron chi connectivity index (χ3n) is 4.71. The molecule has 1 saturated heterocycles. The van der Waals surface area contributed by atoms with Crippen LogP contribution < -0.4 is 0 Å². The van der Waals surface area contributed by atoms with Crippen molar-refractivity contribution in [1.29, 1.82) is 0 Å². The Morgan fingerprint density at radius 2 is 1.88 bits per heavy atom. The number of hydrogen-bond donors (Lipinski definition) is 0. The Morgan fingerprint density at radius 1 is 1.17 bits per heavy atom. The Bertz CT molecular complexity index is 663. The average Bonchev–Trinajstić information content (AvgIpc) is 3.02. The molecule has 0 bridgehead atoms. The van der Waals surface area contributed by atoms with E-state index < -0.39 is 0 Å². The molecule has 3 rings (SSSR count). The molecule has 6 heteroatoms. The molecule has 0 spiro atoms. The smallest absolute Gasteiger partial charge is 0.230 e. The van der Waals surface area contributed by atoms with Crippen LogP contribution in [0, 0.1) is 6.92 Å². The van der Waals surface area contributed by atoms with Crippen LogP contribution in [0.2, 0.25) is 0 Å². The van der Waals surface area contributed by atoms with Gasteiger partial charge in [-0.25, -0.2) is 4.63 Å². The standard InChI is InChI=1S/C18H24N4O2/c1-3-16(15-7-5-4-6-8-15)18(23)22-11-9-21(10-12-22)13-17-14(2)19-24-20-17/h4-8,16H,3,9-13H2,1-2H3. The van der Waals surface area contributed by atoms with Gasteiger partial charge in [0.05, 0.1) is 5.92 Å². The van der Waals surface area contributed by atoms with E-state index in [1.807, 2.05) is 42.2 Å². The zero-order valence-electron chi connectivity index (χ0n) is 14.3. The molecule has 1 fully saturated rings. The highest BCUT2D eigenvalue weighted by Crippen LogP contribution is 2.23. The van der Waals surface area contributed by atoms with Crippen molar-refractivity contribution in [2.45, 2.75) is 32.7 Å². The van der Waals surface area contributed by atoms with E-state index in [0.29, 0.717) is 0 Å². The van der Waals surface area contributed by atoms with Gasteiger partial charge in [0.15, 0.2) is 0 Å². The first-order chi connectivity index (χ1) is 11.7. The molecule has 1 aliphatic heterocycles. The SMILES string of the molecule is CCC(C(=O)N1CCN(Cc2nonc2C)CC1)c1ccccc1. The second-order valence-corrected chi connectivity index (χ2v) is 6.27. The van der Waals surface area contributed by atoms with Crippen LogP contribution in [-0.2, 0) is 11.3 Å². The summed E-state index contributed by atoms with van der Waals surface area (Å²) >= 11 is 0. The number of nitrogens with zero attached hydrogens (tertiary/aromatic N) is 4. The van der Waals surface area contributed by atoms with Gasteiger partial charge in [0.1, 0.15) is 11.4 Å². The van der Waals surface area contributed by atoms with E-state index >= 15 is 0 Å². The summed E-state index contributed by atoms with van der Waals surface area (Å²) < 4.78 is 4.75. The molecular weight excluding hydrogens is 304 g/mol. The van der Waals surface area contributed by atoms with Crippen molar-refractivity contribution in [3.05, 3.63) is 47.3 Å². The molecule has 0 radical (unpaired) electrons. The van der Waals surface area contributed by atoms with Gasteiger partial charge >= 0.3 is 0 Å². The number of aromatic nitrogens is 2. The van der Waals surface area contributed by atoms with Gasteiger partial charge in [-0.1, -0.05) is 47.6 Å². The summed E-state index contributed by atoms with van der Waals surface area (Å²) in [5.41, 5.74) is 2.82. The minimum absolute atomic E-state index is 0.0419. The third-order valence-corrected chi connectivity index (χ3v) is 4.71. The van der Waals surface area contributed by atoms with E-state index in [0.717, 1.165) is 56.1 Å². The predicted molar refractivity (Wildman–Crippen MR) is 90.4 cm³/mol. The molecular formula is C18H24N4O2. The van der Waals surface area contributed by atoms with Crippen LogP contribution in [0.25, 0.3) is 0 Å². The topological polar surface area (TPSA) is 62.5 Å². The molecule has 128 valence electrons. The molecule has 1 amide bonds. The van der Waals surface area contributed by atoms with Gasteiger partial charge in [0, 0.05) is 32.7 Å². The Hall–Kier alpha value is -2.21. The number of carbonyl (C=O) groups excluding carboxylic acids is 1. The lowest BCUT2D eigenvalue weighted by Crippen LogP contribution is -2.49. The summed E-state index contributed by atoms with van der Waals surface area (Å²) in [7, 11) is 0. The molecule has 6 nitrogen and oxygen atoms in total. The molecule has 24 heavy (non-hydrogen) atoms. The van der Waals surface area contributed by atoms with E-state index in [9.17, 15) is 4.79 Å². The van der Waals surface area contributed by atoms with Crippen molar-refractivity contribution in [1.82, 2.24) is 20.1 Å². The predicted octanol–water partition coefficient (Wildman–Crippen LogP) is 2.22. The number of benzene rings is 1. The first kappa shape index (κ1) is 16.6. The van der Waals surface area contributed by atoms with Crippen LogP contribution >= 0.6 is 0 Å². The summed E-state index contributed by atoms with van der Waals surface area (Å²) in [6.45, 7) is 7.92. The van der Waals surface area contributed by atoms with Crippen LogP contribution in [0.15, 0.2) is 35.0 Å². The number of rotatable bonds is 5. The van der Waals surface area contributed by atoms with Crippen molar-refractivity contribution in [3.8, 4) is 0 Å². The number of carbonyl (C=O) groups is 1. The summed E-state index contributed by atoms with van der Waals surface area (Å²) in [4.78, 5) is 17.2. The molecule has 2 aromatic rings. The molecule has 1 aromatic carbocycles. The zero-order valence-corrected chi connectivity index (χ0v) is 14.3. The van der Waals surface area contributed by atoms with Crippen molar-refractivity contribution in [2.75, 3.05) is 26.2 Å². The van der Waals surface area contributed by atoms with Crippen LogP contribution in [0.5, 0.6) is 0 Å². The first-order valence-corrected chi connectivity index (χ1v) is 8.53. The molecule has 0 aliphatic carbocycles. The lowest BCUT2D eigenvalue weighted by Gasteiger charge is -2.36. The van der Waals surface area contributed by atoms with E-state index in [4.69, 9.17) is 4.63 Å². The first-order valence-electron chi connectivity index (χ1n) is 8.53. The Balaban J connectivity index is 1.57. The summed E-state index contributed by atoms with van der Waals surface area (Å²) in [6.07, 6.45) is 0.826. The highest BCUT2D eigenvalue weighted by Gasteiger charge is 2.27. The summed E-state index contributed by atoms with van der Waals surface area (Å²) in [6, 6.07) is 10.1. The van der Waals surface area contributed by atoms with E-state index in [1.54, 1.807) is 0 Å². The van der Waals surface area contributed by atoms with Gasteiger partial charge in [-0.2, -0.15) is 0 Å². The molecule has 1 atom stereocenters. The average molecular weight is 328 g/mol. The maximum atomic E-state index is 12.9. The van der Waals surface area contributed by atoms with Gasteiger partial charge in [0.25, 0.3) is 0 Å². The molecule has 1 aromatic heterocycles. The molecule has 1 aliphatic rings. The van der Waals surface area contributed by atoms with Crippen LogP contribution in [0.3, 0.4) is 0 Å². The van der Waals surface area contributed by atoms with Crippen molar-refractivity contribution >= 4 is 5.91 Å². The van der Waals surface area contributed by atoms with E-state index in [2.05, 4.69) is 22.1 Å². The lowest BCUT2D eigenvalue weighted by atomic mass is 9.95. The van der Waals surface area contributed by atoms with Gasteiger partial charge < -0.3 is 4.90 Å². The van der Waals surface area contributed by atoms with Gasteiger partial charge in [0.2, 0.25) is 5.91 Å². The maximum absolute atomic E-state index is 12.9. The van der Waals surface area contributed by atoms with Crippen LogP contribution in [0.4, 0.5) is 0 Å². The van der Waals surface area contributed by atoms with Crippen molar-refractivity contribution in [2.24, 2.45) is 0 Å². The zero-order chi connectivity index (χ0) is 16.9. The molecule has 2 heterocycles. The fourth-order valence-corrected chi connectivity index (χ4v) is 3.19. The largest absolute Gasteiger partial charge is 0.340 e. The highest BCUT2D eigenvalue weighted by molar-refractivity contribution is 5.83. The molecule has 0 N–H and O–H groups in total. The number of hydrogen-bond acceptors (Lipinski definition) is 5. The van der Waals surface area contributed by atoms with E-state index in [-0.39, 0.29) is 11.8 Å². The summed E-state index contributed by atoms with van der Waals surface area (Å²) in [5.74, 6) is 0.197. The second-order valence-electron chi connectivity index (χ2n) is 6.27. The van der Waals surface area contributed by atoms with Crippen LogP contribution in [0.1, 0.15) is 36.2 Å². The number of aryl methyl sites for hydroxylation is 1.